The van der Waals surface area contributed by atoms with Crippen molar-refractivity contribution in [1.82, 2.24) is 24.6 Å². The summed E-state index contributed by atoms with van der Waals surface area (Å²) in [7, 11) is 2.20. The van der Waals surface area contributed by atoms with E-state index in [9.17, 15) is 0 Å². The number of hydrogen-bond donors (Lipinski definition) is 0. The second-order valence-corrected chi connectivity index (χ2v) is 6.06. The molecule has 1 atom stereocenters. The molecule has 1 saturated heterocycles. The minimum atomic E-state index is 0.582. The van der Waals surface area contributed by atoms with Gasteiger partial charge in [0.15, 0.2) is 0 Å². The van der Waals surface area contributed by atoms with Crippen LogP contribution in [-0.4, -0.2) is 64.3 Å². The Kier molecular flexibility index (Phi) is 3.84. The zero-order valence-electron chi connectivity index (χ0n) is 12.2. The maximum atomic E-state index is 4.42. The van der Waals surface area contributed by atoms with E-state index in [1.807, 2.05) is 0 Å². The predicted molar refractivity (Wildman–Crippen MR) is 75.3 cm³/mol. The van der Waals surface area contributed by atoms with Gasteiger partial charge in [0.25, 0.3) is 0 Å². The molecule has 0 spiro atoms. The minimum absolute atomic E-state index is 0.582. The van der Waals surface area contributed by atoms with Crippen molar-refractivity contribution in [3.63, 3.8) is 0 Å². The molecule has 5 nitrogen and oxygen atoms in total. The Hall–Kier alpha value is -0.940. The van der Waals surface area contributed by atoms with Gasteiger partial charge in [-0.05, 0) is 19.9 Å². The van der Waals surface area contributed by atoms with Crippen LogP contribution >= 0.6 is 0 Å². The van der Waals surface area contributed by atoms with Crippen molar-refractivity contribution < 1.29 is 0 Å². The summed E-state index contributed by atoms with van der Waals surface area (Å²) in [6.45, 7) is 9.26. The summed E-state index contributed by atoms with van der Waals surface area (Å²) < 4.78 is 2.37. The number of nitrogens with zero attached hydrogens (tertiary/aromatic N) is 5. The molecule has 2 aliphatic heterocycles. The fourth-order valence-corrected chi connectivity index (χ4v) is 3.16. The first-order valence-corrected chi connectivity index (χ1v) is 7.57. The van der Waals surface area contributed by atoms with Gasteiger partial charge in [0.2, 0.25) is 0 Å². The lowest BCUT2D eigenvalue weighted by Crippen LogP contribution is -2.45. The van der Waals surface area contributed by atoms with Gasteiger partial charge in [-0.3, -0.25) is 0 Å². The molecule has 106 valence electrons. The van der Waals surface area contributed by atoms with E-state index in [0.29, 0.717) is 5.92 Å². The zero-order chi connectivity index (χ0) is 13.2. The molecule has 3 rings (SSSR count). The van der Waals surface area contributed by atoms with Gasteiger partial charge in [0.05, 0.1) is 0 Å². The molecule has 1 aromatic heterocycles. The third kappa shape index (κ3) is 2.82. The molecule has 5 heteroatoms. The topological polar surface area (TPSA) is 37.2 Å². The average Bonchev–Trinajstić information content (AvgIpc) is 2.83. The molecule has 2 aliphatic rings. The molecule has 0 aliphatic carbocycles. The smallest absolute Gasteiger partial charge is 0.135 e. The Bertz CT molecular complexity index is 419. The van der Waals surface area contributed by atoms with E-state index in [2.05, 4.69) is 38.5 Å². The lowest BCUT2D eigenvalue weighted by Gasteiger charge is -2.32. The Balaban J connectivity index is 1.58. The van der Waals surface area contributed by atoms with E-state index in [1.165, 1.54) is 50.7 Å². The van der Waals surface area contributed by atoms with Crippen LogP contribution in [0.2, 0.25) is 0 Å². The molecule has 1 fully saturated rings. The molecular weight excluding hydrogens is 238 g/mol. The molecule has 0 aromatic carbocycles. The highest BCUT2D eigenvalue weighted by atomic mass is 15.3. The lowest BCUT2D eigenvalue weighted by molar-refractivity contribution is 0.154. The van der Waals surface area contributed by atoms with Gasteiger partial charge >= 0.3 is 0 Å². The molecule has 1 aromatic rings. The van der Waals surface area contributed by atoms with Gasteiger partial charge in [-0.2, -0.15) is 0 Å². The molecule has 0 radical (unpaired) electrons. The molecule has 1 unspecified atom stereocenters. The molecule has 0 N–H and O–H groups in total. The van der Waals surface area contributed by atoms with Crippen molar-refractivity contribution in [1.29, 1.82) is 0 Å². The van der Waals surface area contributed by atoms with Crippen molar-refractivity contribution in [3.05, 3.63) is 11.6 Å². The summed E-state index contributed by atoms with van der Waals surface area (Å²) in [5.41, 5.74) is 0. The van der Waals surface area contributed by atoms with Crippen LogP contribution in [0, 0.1) is 0 Å². The van der Waals surface area contributed by atoms with Crippen LogP contribution in [0.25, 0.3) is 0 Å². The second-order valence-electron chi connectivity index (χ2n) is 6.06. The van der Waals surface area contributed by atoms with Crippen LogP contribution in [0.15, 0.2) is 0 Å². The summed E-state index contributed by atoms with van der Waals surface area (Å²) in [4.78, 5) is 4.95. The maximum absolute atomic E-state index is 4.42. The largest absolute Gasteiger partial charge is 0.315 e. The highest BCUT2D eigenvalue weighted by molar-refractivity contribution is 5.04. The summed E-state index contributed by atoms with van der Waals surface area (Å²) in [6.07, 6.45) is 3.58. The van der Waals surface area contributed by atoms with Crippen LogP contribution in [0.3, 0.4) is 0 Å². The monoisotopic (exact) mass is 263 g/mol. The van der Waals surface area contributed by atoms with Gasteiger partial charge in [0, 0.05) is 51.6 Å². The van der Waals surface area contributed by atoms with Gasteiger partial charge in [0.1, 0.15) is 11.6 Å². The van der Waals surface area contributed by atoms with E-state index in [0.717, 1.165) is 19.5 Å². The minimum Gasteiger partial charge on any atom is -0.315 e. The van der Waals surface area contributed by atoms with E-state index in [4.69, 9.17) is 0 Å². The maximum Gasteiger partial charge on any atom is 0.135 e. The average molecular weight is 263 g/mol. The highest BCUT2D eigenvalue weighted by Crippen LogP contribution is 2.25. The zero-order valence-corrected chi connectivity index (χ0v) is 12.2. The number of rotatable bonds is 3. The molecule has 0 bridgehead atoms. The van der Waals surface area contributed by atoms with Gasteiger partial charge < -0.3 is 14.4 Å². The van der Waals surface area contributed by atoms with Crippen molar-refractivity contribution in [2.24, 2.45) is 0 Å². The summed E-state index contributed by atoms with van der Waals surface area (Å²) in [5.74, 6) is 2.98. The highest BCUT2D eigenvalue weighted by Gasteiger charge is 2.22. The number of piperazine rings is 1. The van der Waals surface area contributed by atoms with Crippen molar-refractivity contribution in [2.45, 2.75) is 38.6 Å². The van der Waals surface area contributed by atoms with Gasteiger partial charge in [-0.15, -0.1) is 10.2 Å². The third-order valence-electron chi connectivity index (χ3n) is 4.56. The van der Waals surface area contributed by atoms with Crippen LogP contribution in [0.5, 0.6) is 0 Å². The number of fused-ring (bicyclic) bond motifs is 1. The van der Waals surface area contributed by atoms with Crippen LogP contribution in [-0.2, 0) is 13.0 Å². The Morgan fingerprint density at radius 1 is 1.11 bits per heavy atom. The van der Waals surface area contributed by atoms with E-state index in [1.54, 1.807) is 0 Å². The second kappa shape index (κ2) is 5.59. The van der Waals surface area contributed by atoms with Gasteiger partial charge in [-0.25, -0.2) is 0 Å². The molecule has 3 heterocycles. The van der Waals surface area contributed by atoms with Crippen molar-refractivity contribution in [3.8, 4) is 0 Å². The molecule has 19 heavy (non-hydrogen) atoms. The first-order valence-electron chi connectivity index (χ1n) is 7.57. The van der Waals surface area contributed by atoms with Crippen LogP contribution in [0.1, 0.15) is 37.3 Å². The summed E-state index contributed by atoms with van der Waals surface area (Å²) in [5, 5.41) is 8.82. The Labute approximate surface area is 115 Å². The molecule has 0 amide bonds. The number of aromatic nitrogens is 3. The molecular formula is C14H25N5. The first kappa shape index (κ1) is 13.1. The summed E-state index contributed by atoms with van der Waals surface area (Å²) >= 11 is 0. The number of hydrogen-bond acceptors (Lipinski definition) is 4. The van der Waals surface area contributed by atoms with E-state index < -0.39 is 0 Å². The quantitative estimate of drug-likeness (QED) is 0.814. The van der Waals surface area contributed by atoms with E-state index >= 15 is 0 Å². The fraction of sp³-hybridized carbons (Fsp3) is 0.857. The standard InChI is InChI=1S/C14H25N5/c1-12-4-3-6-19-13(15-16-14(12)19)5-7-18-10-8-17(2)9-11-18/h12H,3-11H2,1-2H3. The number of likely N-dealkylation sites (N-methyl/N-ethyl adjacent to an activating group) is 1. The lowest BCUT2D eigenvalue weighted by atomic mass is 10.0. The van der Waals surface area contributed by atoms with Crippen molar-refractivity contribution in [2.75, 3.05) is 39.8 Å². The van der Waals surface area contributed by atoms with Gasteiger partial charge in [-0.1, -0.05) is 6.92 Å². The van der Waals surface area contributed by atoms with Crippen molar-refractivity contribution >= 4 is 0 Å². The van der Waals surface area contributed by atoms with E-state index in [-0.39, 0.29) is 0 Å². The normalized spacial score (nSPS) is 25.5. The molecule has 0 saturated carbocycles. The first-order chi connectivity index (χ1) is 9.24. The summed E-state index contributed by atoms with van der Waals surface area (Å²) in [6, 6.07) is 0. The van der Waals surface area contributed by atoms with Crippen LogP contribution in [0.4, 0.5) is 0 Å². The Morgan fingerprint density at radius 3 is 2.68 bits per heavy atom. The Morgan fingerprint density at radius 2 is 1.89 bits per heavy atom. The SMILES string of the molecule is CC1CCCn2c(CCN3CCN(C)CC3)nnc21. The third-order valence-corrected chi connectivity index (χ3v) is 4.56. The predicted octanol–water partition coefficient (Wildman–Crippen LogP) is 0.965. The van der Waals surface area contributed by atoms with Crippen LogP contribution < -0.4 is 0 Å². The fourth-order valence-electron chi connectivity index (χ4n) is 3.16.